The normalized spacial score (nSPS) is 22.9. The number of anilines is 2. The van der Waals surface area contributed by atoms with Crippen LogP contribution in [0, 0.1) is 0 Å². The predicted octanol–water partition coefficient (Wildman–Crippen LogP) is 2.40. The third kappa shape index (κ3) is 3.03. The minimum Gasteiger partial charge on any atom is -0.377 e. The lowest BCUT2D eigenvalue weighted by molar-refractivity contribution is 0.0985. The minimum absolute atomic E-state index is 0.379. The molecule has 1 aromatic heterocycles. The molecule has 1 aromatic rings. The smallest absolute Gasteiger partial charge is 0.136 e. The first kappa shape index (κ1) is 13.6. The van der Waals surface area contributed by atoms with Crippen molar-refractivity contribution in [2.45, 2.75) is 45.1 Å². The van der Waals surface area contributed by atoms with Gasteiger partial charge in [0.25, 0.3) is 0 Å². The molecule has 1 saturated heterocycles. The molecule has 1 unspecified atom stereocenters. The summed E-state index contributed by atoms with van der Waals surface area (Å²) in [6.45, 7) is 7.79. The van der Waals surface area contributed by atoms with Crippen molar-refractivity contribution in [3.63, 3.8) is 0 Å². The number of hydrogen-bond donors (Lipinski definition) is 1. The minimum atomic E-state index is 0.379. The van der Waals surface area contributed by atoms with Crippen molar-refractivity contribution in [1.29, 1.82) is 0 Å². The Hall–Kier alpha value is -1.36. The molecule has 1 atom stereocenters. The van der Waals surface area contributed by atoms with Crippen LogP contribution >= 0.6 is 0 Å². The Morgan fingerprint density at radius 1 is 1.40 bits per heavy atom. The fourth-order valence-corrected chi connectivity index (χ4v) is 2.53. The molecule has 5 heteroatoms. The van der Waals surface area contributed by atoms with Crippen molar-refractivity contribution in [2.24, 2.45) is 0 Å². The Morgan fingerprint density at radius 3 is 2.95 bits per heavy atom. The number of hydrogen-bond acceptors (Lipinski definition) is 5. The molecule has 0 amide bonds. The van der Waals surface area contributed by atoms with Gasteiger partial charge in [0.2, 0.25) is 0 Å². The van der Waals surface area contributed by atoms with Gasteiger partial charge >= 0.3 is 0 Å². The second-order valence-electron chi connectivity index (χ2n) is 5.79. The SMILES string of the molecule is CCCNc1cc(N2CCOCC2C)nc(C2CC2)n1. The fourth-order valence-electron chi connectivity index (χ4n) is 2.53. The molecule has 0 spiro atoms. The molecule has 1 aliphatic carbocycles. The Bertz CT molecular complexity index is 461. The Balaban J connectivity index is 1.85. The first-order valence-electron chi connectivity index (χ1n) is 7.75. The van der Waals surface area contributed by atoms with E-state index in [1.165, 1.54) is 12.8 Å². The van der Waals surface area contributed by atoms with Gasteiger partial charge in [-0.1, -0.05) is 6.92 Å². The first-order chi connectivity index (χ1) is 9.78. The van der Waals surface area contributed by atoms with Crippen LogP contribution in [-0.4, -0.2) is 42.3 Å². The molecule has 110 valence electrons. The number of ether oxygens (including phenoxy) is 1. The molecule has 2 fully saturated rings. The summed E-state index contributed by atoms with van der Waals surface area (Å²) in [5, 5.41) is 3.40. The van der Waals surface area contributed by atoms with Crippen LogP contribution in [0.2, 0.25) is 0 Å². The monoisotopic (exact) mass is 276 g/mol. The summed E-state index contributed by atoms with van der Waals surface area (Å²) in [6, 6.07) is 2.47. The van der Waals surface area contributed by atoms with Crippen molar-refractivity contribution >= 4 is 11.6 Å². The van der Waals surface area contributed by atoms with Crippen molar-refractivity contribution in [3.05, 3.63) is 11.9 Å². The maximum absolute atomic E-state index is 5.52. The van der Waals surface area contributed by atoms with Crippen LogP contribution in [0.4, 0.5) is 11.6 Å². The van der Waals surface area contributed by atoms with E-state index in [1.807, 2.05) is 0 Å². The van der Waals surface area contributed by atoms with E-state index < -0.39 is 0 Å². The predicted molar refractivity (Wildman–Crippen MR) is 80.4 cm³/mol. The van der Waals surface area contributed by atoms with E-state index >= 15 is 0 Å². The summed E-state index contributed by atoms with van der Waals surface area (Å²) >= 11 is 0. The standard InChI is InChI=1S/C15H24N4O/c1-3-6-16-13-9-14(18-15(17-13)12-4-5-12)19-7-8-20-10-11(19)2/h9,11-12H,3-8,10H2,1-2H3,(H,16,17,18). The lowest BCUT2D eigenvalue weighted by Gasteiger charge is -2.34. The highest BCUT2D eigenvalue weighted by Crippen LogP contribution is 2.39. The summed E-state index contributed by atoms with van der Waals surface area (Å²) in [7, 11) is 0. The van der Waals surface area contributed by atoms with Gasteiger partial charge in [0.15, 0.2) is 0 Å². The Morgan fingerprint density at radius 2 is 2.25 bits per heavy atom. The van der Waals surface area contributed by atoms with Crippen molar-refractivity contribution in [2.75, 3.05) is 36.5 Å². The molecule has 0 radical (unpaired) electrons. The average molecular weight is 276 g/mol. The molecule has 0 aromatic carbocycles. The van der Waals surface area contributed by atoms with Gasteiger partial charge in [-0.15, -0.1) is 0 Å². The van der Waals surface area contributed by atoms with Crippen LogP contribution in [0.25, 0.3) is 0 Å². The topological polar surface area (TPSA) is 50.3 Å². The maximum atomic E-state index is 5.52. The van der Waals surface area contributed by atoms with E-state index in [-0.39, 0.29) is 0 Å². The molecule has 0 bridgehead atoms. The van der Waals surface area contributed by atoms with Gasteiger partial charge in [-0.25, -0.2) is 9.97 Å². The van der Waals surface area contributed by atoms with Gasteiger partial charge in [0.05, 0.1) is 19.3 Å². The zero-order chi connectivity index (χ0) is 13.9. The zero-order valence-electron chi connectivity index (χ0n) is 12.4. The summed E-state index contributed by atoms with van der Waals surface area (Å²) in [5.74, 6) is 3.61. The highest BCUT2D eigenvalue weighted by atomic mass is 16.5. The van der Waals surface area contributed by atoms with Crippen LogP contribution in [0.15, 0.2) is 6.07 Å². The summed E-state index contributed by atoms with van der Waals surface area (Å²) in [6.07, 6.45) is 3.57. The molecule has 1 N–H and O–H groups in total. The van der Waals surface area contributed by atoms with Gasteiger partial charge in [0, 0.05) is 25.1 Å². The molecule has 5 nitrogen and oxygen atoms in total. The van der Waals surface area contributed by atoms with E-state index in [9.17, 15) is 0 Å². The Kier molecular flexibility index (Phi) is 4.05. The summed E-state index contributed by atoms with van der Waals surface area (Å²) in [5.41, 5.74) is 0. The molecular formula is C15H24N4O. The Labute approximate surface area is 120 Å². The van der Waals surface area contributed by atoms with Gasteiger partial charge in [-0.2, -0.15) is 0 Å². The maximum Gasteiger partial charge on any atom is 0.136 e. The highest BCUT2D eigenvalue weighted by molar-refractivity contribution is 5.51. The summed E-state index contributed by atoms with van der Waals surface area (Å²) < 4.78 is 5.52. The molecule has 1 aliphatic heterocycles. The van der Waals surface area contributed by atoms with Crippen LogP contribution in [0.5, 0.6) is 0 Å². The lowest BCUT2D eigenvalue weighted by Crippen LogP contribution is -2.44. The third-order valence-corrected chi connectivity index (χ3v) is 3.89. The number of morpholine rings is 1. The first-order valence-corrected chi connectivity index (χ1v) is 7.75. The number of aromatic nitrogens is 2. The van der Waals surface area contributed by atoms with Crippen molar-refractivity contribution in [3.8, 4) is 0 Å². The quantitative estimate of drug-likeness (QED) is 0.895. The molecule has 3 rings (SSSR count). The number of rotatable bonds is 5. The van der Waals surface area contributed by atoms with Crippen LogP contribution in [0.1, 0.15) is 44.9 Å². The summed E-state index contributed by atoms with van der Waals surface area (Å²) in [4.78, 5) is 11.8. The third-order valence-electron chi connectivity index (χ3n) is 3.89. The molecule has 2 heterocycles. The number of nitrogens with one attached hydrogen (secondary N) is 1. The van der Waals surface area contributed by atoms with Gasteiger partial charge in [0.1, 0.15) is 17.5 Å². The largest absolute Gasteiger partial charge is 0.377 e. The second kappa shape index (κ2) is 5.95. The molecule has 1 saturated carbocycles. The lowest BCUT2D eigenvalue weighted by atomic mass is 10.2. The fraction of sp³-hybridized carbons (Fsp3) is 0.733. The molecular weight excluding hydrogens is 252 g/mol. The second-order valence-corrected chi connectivity index (χ2v) is 5.79. The van der Waals surface area contributed by atoms with Gasteiger partial charge < -0.3 is 15.0 Å². The highest BCUT2D eigenvalue weighted by Gasteiger charge is 2.29. The van der Waals surface area contributed by atoms with Crippen LogP contribution in [-0.2, 0) is 4.74 Å². The average Bonchev–Trinajstić information content (AvgIpc) is 3.30. The van der Waals surface area contributed by atoms with E-state index in [4.69, 9.17) is 9.72 Å². The van der Waals surface area contributed by atoms with E-state index in [1.54, 1.807) is 0 Å². The number of nitrogens with zero attached hydrogens (tertiary/aromatic N) is 3. The van der Waals surface area contributed by atoms with Crippen LogP contribution in [0.3, 0.4) is 0 Å². The van der Waals surface area contributed by atoms with E-state index in [0.29, 0.717) is 12.0 Å². The van der Waals surface area contributed by atoms with Gasteiger partial charge in [-0.3, -0.25) is 0 Å². The van der Waals surface area contributed by atoms with Crippen molar-refractivity contribution < 1.29 is 4.74 Å². The van der Waals surface area contributed by atoms with E-state index in [0.717, 1.165) is 50.2 Å². The van der Waals surface area contributed by atoms with Gasteiger partial charge in [-0.05, 0) is 26.2 Å². The van der Waals surface area contributed by atoms with Crippen LogP contribution < -0.4 is 10.2 Å². The molecule has 2 aliphatic rings. The van der Waals surface area contributed by atoms with E-state index in [2.05, 4.69) is 35.1 Å². The molecule has 20 heavy (non-hydrogen) atoms. The zero-order valence-corrected chi connectivity index (χ0v) is 12.4. The van der Waals surface area contributed by atoms with Crippen molar-refractivity contribution in [1.82, 2.24) is 9.97 Å².